The van der Waals surface area contributed by atoms with E-state index < -0.39 is 11.4 Å². The van der Waals surface area contributed by atoms with Crippen molar-refractivity contribution in [3.05, 3.63) is 64.7 Å². The van der Waals surface area contributed by atoms with Crippen molar-refractivity contribution >= 4 is 29.2 Å². The molecule has 182 valence electrons. The first-order valence-electron chi connectivity index (χ1n) is 11.7. The van der Waals surface area contributed by atoms with Crippen molar-refractivity contribution in [3.63, 3.8) is 0 Å². The van der Waals surface area contributed by atoms with Crippen LogP contribution in [-0.2, 0) is 18.6 Å². The van der Waals surface area contributed by atoms with Crippen molar-refractivity contribution in [2.75, 3.05) is 17.2 Å². The summed E-state index contributed by atoms with van der Waals surface area (Å²) in [5.74, 6) is 0.0704. The van der Waals surface area contributed by atoms with Crippen LogP contribution in [0.2, 0.25) is 0 Å². The first kappa shape index (κ1) is 23.1. The molecular formula is C25H28FN7O2. The molecule has 10 heteroatoms. The van der Waals surface area contributed by atoms with E-state index in [1.807, 2.05) is 0 Å². The maximum atomic E-state index is 14.8. The van der Waals surface area contributed by atoms with Gasteiger partial charge in [-0.3, -0.25) is 4.79 Å². The van der Waals surface area contributed by atoms with Gasteiger partial charge in [0.05, 0.1) is 11.4 Å². The SMILES string of the molecule is CC(C)(O)c1cccc(Nc2nc(Nc3cc4c(cc3F)CNCC4)ncc2C(=O)NC2CC2)n1. The number of nitrogens with zero attached hydrogens (tertiary/aromatic N) is 3. The van der Waals surface area contributed by atoms with Gasteiger partial charge in [-0.05, 0) is 75.0 Å². The van der Waals surface area contributed by atoms with Crippen LogP contribution in [0.15, 0.2) is 36.5 Å². The second kappa shape index (κ2) is 9.20. The van der Waals surface area contributed by atoms with Gasteiger partial charge in [-0.25, -0.2) is 14.4 Å². The number of hydrogen-bond acceptors (Lipinski definition) is 8. The number of pyridine rings is 1. The van der Waals surface area contributed by atoms with Gasteiger partial charge in [-0.15, -0.1) is 0 Å². The van der Waals surface area contributed by atoms with E-state index in [1.54, 1.807) is 38.1 Å². The zero-order valence-corrected chi connectivity index (χ0v) is 19.7. The predicted octanol–water partition coefficient (Wildman–Crippen LogP) is 3.26. The highest BCUT2D eigenvalue weighted by molar-refractivity contribution is 5.99. The van der Waals surface area contributed by atoms with Gasteiger partial charge in [0, 0.05) is 18.8 Å². The molecule has 0 saturated heterocycles. The van der Waals surface area contributed by atoms with E-state index in [2.05, 4.69) is 36.2 Å². The number of anilines is 4. The molecule has 2 aromatic heterocycles. The van der Waals surface area contributed by atoms with Crippen molar-refractivity contribution in [2.24, 2.45) is 0 Å². The van der Waals surface area contributed by atoms with Crippen LogP contribution in [0.4, 0.5) is 27.7 Å². The molecule has 9 nitrogen and oxygen atoms in total. The molecule has 0 unspecified atom stereocenters. The van der Waals surface area contributed by atoms with E-state index in [0.717, 1.165) is 36.9 Å². The van der Waals surface area contributed by atoms with Crippen molar-refractivity contribution in [1.82, 2.24) is 25.6 Å². The average Bonchev–Trinajstić information content (AvgIpc) is 3.63. The molecule has 3 heterocycles. The van der Waals surface area contributed by atoms with Gasteiger partial charge in [-0.2, -0.15) is 4.98 Å². The Labute approximate surface area is 202 Å². The summed E-state index contributed by atoms with van der Waals surface area (Å²) < 4.78 is 14.8. The molecule has 2 aliphatic rings. The smallest absolute Gasteiger partial charge is 0.256 e. The fourth-order valence-corrected chi connectivity index (χ4v) is 3.88. The number of amides is 1. The van der Waals surface area contributed by atoms with Crippen molar-refractivity contribution in [3.8, 4) is 0 Å². The summed E-state index contributed by atoms with van der Waals surface area (Å²) >= 11 is 0. The largest absolute Gasteiger partial charge is 0.384 e. The second-order valence-corrected chi connectivity index (χ2v) is 9.45. The highest BCUT2D eigenvalue weighted by Crippen LogP contribution is 2.27. The summed E-state index contributed by atoms with van der Waals surface area (Å²) in [4.78, 5) is 26.0. The quantitative estimate of drug-likeness (QED) is 0.351. The molecule has 5 rings (SSSR count). The summed E-state index contributed by atoms with van der Waals surface area (Å²) in [6.45, 7) is 4.76. The van der Waals surface area contributed by atoms with E-state index in [1.165, 1.54) is 12.3 Å². The molecular weight excluding hydrogens is 449 g/mol. The van der Waals surface area contributed by atoms with Crippen LogP contribution in [0.3, 0.4) is 0 Å². The summed E-state index contributed by atoms with van der Waals surface area (Å²) in [7, 11) is 0. The number of benzene rings is 1. The summed E-state index contributed by atoms with van der Waals surface area (Å²) in [5, 5.41) is 22.5. The number of rotatable bonds is 7. The van der Waals surface area contributed by atoms with Crippen LogP contribution >= 0.6 is 0 Å². The molecule has 1 aliphatic carbocycles. The number of aromatic nitrogens is 3. The molecule has 1 aliphatic heterocycles. The summed E-state index contributed by atoms with van der Waals surface area (Å²) in [6.07, 6.45) is 4.10. The summed E-state index contributed by atoms with van der Waals surface area (Å²) in [6, 6.07) is 8.64. The van der Waals surface area contributed by atoms with Gasteiger partial charge in [0.25, 0.3) is 5.91 Å². The van der Waals surface area contributed by atoms with Crippen molar-refractivity contribution in [2.45, 2.75) is 51.3 Å². The van der Waals surface area contributed by atoms with E-state index >= 15 is 0 Å². The lowest BCUT2D eigenvalue weighted by Gasteiger charge is -2.19. The molecule has 5 N–H and O–H groups in total. The lowest BCUT2D eigenvalue weighted by Crippen LogP contribution is -2.27. The Kier molecular flexibility index (Phi) is 6.08. The molecule has 1 saturated carbocycles. The number of nitrogens with one attached hydrogen (secondary N) is 4. The lowest BCUT2D eigenvalue weighted by atomic mass is 10.00. The monoisotopic (exact) mass is 477 g/mol. The van der Waals surface area contributed by atoms with E-state index in [9.17, 15) is 14.3 Å². The number of fused-ring (bicyclic) bond motifs is 1. The average molecular weight is 478 g/mol. The van der Waals surface area contributed by atoms with E-state index in [4.69, 9.17) is 0 Å². The number of carbonyl (C=O) groups is 1. The lowest BCUT2D eigenvalue weighted by molar-refractivity contribution is 0.0740. The molecule has 1 aromatic carbocycles. The molecule has 1 amide bonds. The minimum Gasteiger partial charge on any atom is -0.384 e. The maximum absolute atomic E-state index is 14.8. The Morgan fingerprint density at radius 1 is 1.17 bits per heavy atom. The number of hydrogen-bond donors (Lipinski definition) is 5. The van der Waals surface area contributed by atoms with Gasteiger partial charge < -0.3 is 26.4 Å². The van der Waals surface area contributed by atoms with Crippen molar-refractivity contribution < 1.29 is 14.3 Å². The van der Waals surface area contributed by atoms with Gasteiger partial charge in [0.2, 0.25) is 5.95 Å². The Morgan fingerprint density at radius 3 is 2.77 bits per heavy atom. The van der Waals surface area contributed by atoms with Gasteiger partial charge in [0.15, 0.2) is 0 Å². The minimum absolute atomic E-state index is 0.141. The first-order valence-corrected chi connectivity index (χ1v) is 11.7. The predicted molar refractivity (Wildman–Crippen MR) is 130 cm³/mol. The molecule has 0 spiro atoms. The normalized spacial score (nSPS) is 15.3. The van der Waals surface area contributed by atoms with Crippen LogP contribution in [0.1, 0.15) is 53.9 Å². The fourth-order valence-electron chi connectivity index (χ4n) is 3.88. The highest BCUT2D eigenvalue weighted by atomic mass is 19.1. The van der Waals surface area contributed by atoms with Crippen LogP contribution in [-0.4, -0.2) is 38.6 Å². The van der Waals surface area contributed by atoms with Crippen LogP contribution in [0, 0.1) is 5.82 Å². The maximum Gasteiger partial charge on any atom is 0.256 e. The van der Waals surface area contributed by atoms with Crippen LogP contribution < -0.4 is 21.3 Å². The third-order valence-electron chi connectivity index (χ3n) is 5.99. The second-order valence-electron chi connectivity index (χ2n) is 9.45. The number of halogens is 1. The Morgan fingerprint density at radius 2 is 2.00 bits per heavy atom. The van der Waals surface area contributed by atoms with Gasteiger partial charge in [-0.1, -0.05) is 6.07 Å². The van der Waals surface area contributed by atoms with E-state index in [0.29, 0.717) is 18.1 Å². The minimum atomic E-state index is -1.14. The molecule has 0 bridgehead atoms. The van der Waals surface area contributed by atoms with Crippen molar-refractivity contribution in [1.29, 1.82) is 0 Å². The molecule has 0 radical (unpaired) electrons. The topological polar surface area (TPSA) is 124 Å². The number of aliphatic hydroxyl groups is 1. The van der Waals surface area contributed by atoms with Crippen LogP contribution in [0.5, 0.6) is 0 Å². The molecule has 0 atom stereocenters. The van der Waals surface area contributed by atoms with Gasteiger partial charge >= 0.3 is 0 Å². The zero-order valence-electron chi connectivity index (χ0n) is 19.7. The molecule has 1 fully saturated rings. The molecule has 3 aromatic rings. The third-order valence-corrected chi connectivity index (χ3v) is 5.99. The van der Waals surface area contributed by atoms with E-state index in [-0.39, 0.29) is 35.0 Å². The number of carbonyl (C=O) groups excluding carboxylic acids is 1. The standard InChI is InChI=1S/C25H28FN7O2/c1-25(2,35)20-4-3-5-21(31-20)32-22-17(23(34)29-16-6-7-16)13-28-24(33-22)30-19-11-14-8-9-27-12-15(14)10-18(19)26/h3-5,10-11,13,16,27,35H,6-9,12H2,1-2H3,(H,29,34)(H2,28,30,31,32,33). The highest BCUT2D eigenvalue weighted by Gasteiger charge is 2.26. The first-order chi connectivity index (χ1) is 16.8. The van der Waals surface area contributed by atoms with Gasteiger partial charge in [0.1, 0.15) is 28.6 Å². The Bertz CT molecular complexity index is 1270. The molecule has 35 heavy (non-hydrogen) atoms. The Balaban J connectivity index is 1.46. The third kappa shape index (κ3) is 5.39. The zero-order chi connectivity index (χ0) is 24.6. The Hall–Kier alpha value is -3.63. The van der Waals surface area contributed by atoms with Crippen LogP contribution in [0.25, 0.3) is 0 Å². The fraction of sp³-hybridized carbons (Fsp3) is 0.360. The summed E-state index contributed by atoms with van der Waals surface area (Å²) in [5.41, 5.74) is 1.85.